The predicted octanol–water partition coefficient (Wildman–Crippen LogP) is 3.30. The van der Waals surface area contributed by atoms with Crippen molar-refractivity contribution in [2.45, 2.75) is 44.8 Å². The highest BCUT2D eigenvalue weighted by Crippen LogP contribution is 2.39. The number of hydrogen-bond acceptors (Lipinski definition) is 5. The molecule has 1 spiro atoms. The fraction of sp³-hybridized carbons (Fsp3) is 0.579. The maximum atomic E-state index is 12.7. The molecule has 1 N–H and O–H groups in total. The molecule has 0 aromatic carbocycles. The van der Waals surface area contributed by atoms with Crippen LogP contribution in [0.25, 0.3) is 0 Å². The van der Waals surface area contributed by atoms with Crippen LogP contribution in [0.3, 0.4) is 0 Å². The molecule has 1 aliphatic carbocycles. The summed E-state index contributed by atoms with van der Waals surface area (Å²) in [6.07, 6.45) is 8.53. The molecular formula is C19H26N2O4. The van der Waals surface area contributed by atoms with Crippen molar-refractivity contribution in [3.63, 3.8) is 0 Å². The van der Waals surface area contributed by atoms with Gasteiger partial charge in [-0.2, -0.15) is 0 Å². The van der Waals surface area contributed by atoms with Gasteiger partial charge in [-0.05, 0) is 25.8 Å². The van der Waals surface area contributed by atoms with Gasteiger partial charge in [0.2, 0.25) is 11.8 Å². The number of hydrogen-bond donors (Lipinski definition) is 1. The van der Waals surface area contributed by atoms with Crippen LogP contribution in [0.5, 0.6) is 5.88 Å². The van der Waals surface area contributed by atoms with E-state index < -0.39 is 11.2 Å². The van der Waals surface area contributed by atoms with Crippen LogP contribution in [0.4, 0.5) is 5.69 Å². The number of carbonyl (C=O) groups excluding carboxylic acids is 1. The molecule has 2 aliphatic rings. The molecule has 0 bridgehead atoms. The molecule has 1 aliphatic heterocycles. The minimum Gasteiger partial charge on any atom is -0.473 e. The van der Waals surface area contributed by atoms with Crippen molar-refractivity contribution in [1.29, 1.82) is 0 Å². The van der Waals surface area contributed by atoms with Gasteiger partial charge in [0.1, 0.15) is 6.61 Å². The first-order chi connectivity index (χ1) is 12.1. The number of pyridine rings is 1. The SMILES string of the molecule is C=CCOc1ccc(NC(=O)C2(C)COC3(CCCCC3)OC2)cn1. The second-order valence-electron chi connectivity index (χ2n) is 7.05. The Morgan fingerprint density at radius 1 is 1.32 bits per heavy atom. The van der Waals surface area contributed by atoms with Gasteiger partial charge in [0.05, 0.1) is 30.5 Å². The molecule has 1 saturated carbocycles. The molecule has 25 heavy (non-hydrogen) atoms. The molecule has 1 saturated heterocycles. The molecule has 2 fully saturated rings. The van der Waals surface area contributed by atoms with E-state index in [2.05, 4.69) is 16.9 Å². The Balaban J connectivity index is 1.56. The number of amides is 1. The monoisotopic (exact) mass is 346 g/mol. The predicted molar refractivity (Wildman–Crippen MR) is 94.4 cm³/mol. The third kappa shape index (κ3) is 4.19. The molecule has 1 aromatic rings. The van der Waals surface area contributed by atoms with Crippen LogP contribution in [0.2, 0.25) is 0 Å². The van der Waals surface area contributed by atoms with Crippen molar-refractivity contribution in [1.82, 2.24) is 4.98 Å². The molecule has 3 rings (SSSR count). The summed E-state index contributed by atoms with van der Waals surface area (Å²) in [5, 5.41) is 2.89. The maximum Gasteiger partial charge on any atom is 0.235 e. The average Bonchev–Trinajstić information content (AvgIpc) is 2.65. The zero-order valence-corrected chi connectivity index (χ0v) is 14.8. The van der Waals surface area contributed by atoms with E-state index in [4.69, 9.17) is 14.2 Å². The van der Waals surface area contributed by atoms with Crippen molar-refractivity contribution in [3.8, 4) is 5.88 Å². The highest BCUT2D eigenvalue weighted by molar-refractivity contribution is 5.95. The second kappa shape index (κ2) is 7.54. The normalized spacial score (nSPS) is 21.5. The summed E-state index contributed by atoms with van der Waals surface area (Å²) in [6, 6.07) is 3.48. The van der Waals surface area contributed by atoms with Crippen LogP contribution in [-0.2, 0) is 14.3 Å². The van der Waals surface area contributed by atoms with E-state index in [0.29, 0.717) is 31.4 Å². The van der Waals surface area contributed by atoms with E-state index in [1.165, 1.54) is 6.42 Å². The highest BCUT2D eigenvalue weighted by atomic mass is 16.7. The summed E-state index contributed by atoms with van der Waals surface area (Å²) < 4.78 is 17.4. The summed E-state index contributed by atoms with van der Waals surface area (Å²) in [7, 11) is 0. The average molecular weight is 346 g/mol. The van der Waals surface area contributed by atoms with Crippen LogP contribution < -0.4 is 10.1 Å². The van der Waals surface area contributed by atoms with Gasteiger partial charge < -0.3 is 19.5 Å². The lowest BCUT2D eigenvalue weighted by Crippen LogP contribution is -2.53. The first kappa shape index (κ1) is 17.9. The molecule has 0 radical (unpaired) electrons. The molecule has 6 heteroatoms. The molecule has 2 heterocycles. The van der Waals surface area contributed by atoms with Crippen LogP contribution in [0, 0.1) is 5.41 Å². The van der Waals surface area contributed by atoms with Crippen molar-refractivity contribution in [2.75, 3.05) is 25.1 Å². The number of rotatable bonds is 5. The van der Waals surface area contributed by atoms with Gasteiger partial charge in [0.25, 0.3) is 0 Å². The van der Waals surface area contributed by atoms with Gasteiger partial charge in [-0.3, -0.25) is 4.79 Å². The molecule has 6 nitrogen and oxygen atoms in total. The lowest BCUT2D eigenvalue weighted by Gasteiger charge is -2.45. The fourth-order valence-corrected chi connectivity index (χ4v) is 3.14. The van der Waals surface area contributed by atoms with Crippen LogP contribution >= 0.6 is 0 Å². The van der Waals surface area contributed by atoms with Crippen LogP contribution in [-0.4, -0.2) is 36.5 Å². The maximum absolute atomic E-state index is 12.7. The van der Waals surface area contributed by atoms with E-state index in [1.807, 2.05) is 6.92 Å². The zero-order valence-electron chi connectivity index (χ0n) is 14.8. The van der Waals surface area contributed by atoms with Gasteiger partial charge >= 0.3 is 0 Å². The van der Waals surface area contributed by atoms with Gasteiger partial charge in [0, 0.05) is 18.9 Å². The lowest BCUT2D eigenvalue weighted by molar-refractivity contribution is -0.306. The van der Waals surface area contributed by atoms with Crippen LogP contribution in [0.15, 0.2) is 31.0 Å². The topological polar surface area (TPSA) is 69.7 Å². The Kier molecular flexibility index (Phi) is 5.39. The van der Waals surface area contributed by atoms with Crippen molar-refractivity contribution >= 4 is 11.6 Å². The van der Waals surface area contributed by atoms with E-state index in [9.17, 15) is 4.79 Å². The van der Waals surface area contributed by atoms with Crippen molar-refractivity contribution in [2.24, 2.45) is 5.41 Å². The standard InChI is InChI=1S/C19H26N2O4/c1-3-11-23-16-8-7-15(12-20-16)21-17(22)18(2)13-24-19(25-14-18)9-5-4-6-10-19/h3,7-8,12H,1,4-6,9-11,13-14H2,2H3,(H,21,22). The van der Waals surface area contributed by atoms with Gasteiger partial charge in [-0.1, -0.05) is 19.1 Å². The third-order valence-corrected chi connectivity index (χ3v) is 4.81. The minimum absolute atomic E-state index is 0.125. The largest absolute Gasteiger partial charge is 0.473 e. The number of carbonyl (C=O) groups is 1. The number of anilines is 1. The van der Waals surface area contributed by atoms with Crippen LogP contribution in [0.1, 0.15) is 39.0 Å². The van der Waals surface area contributed by atoms with Gasteiger partial charge in [-0.15, -0.1) is 0 Å². The molecule has 1 amide bonds. The lowest BCUT2D eigenvalue weighted by atomic mass is 9.87. The molecule has 1 aromatic heterocycles. The first-order valence-electron chi connectivity index (χ1n) is 8.84. The number of aromatic nitrogens is 1. The number of nitrogens with zero attached hydrogens (tertiary/aromatic N) is 1. The second-order valence-corrected chi connectivity index (χ2v) is 7.05. The Labute approximate surface area is 148 Å². The summed E-state index contributed by atoms with van der Waals surface area (Å²) in [5.74, 6) is -0.101. The van der Waals surface area contributed by atoms with E-state index in [-0.39, 0.29) is 5.91 Å². The number of ether oxygens (including phenoxy) is 3. The summed E-state index contributed by atoms with van der Waals surface area (Å²) in [5.41, 5.74) is -0.0871. The quantitative estimate of drug-likeness (QED) is 0.829. The summed E-state index contributed by atoms with van der Waals surface area (Å²) in [6.45, 7) is 6.59. The van der Waals surface area contributed by atoms with Crippen molar-refractivity contribution in [3.05, 3.63) is 31.0 Å². The Morgan fingerprint density at radius 3 is 2.64 bits per heavy atom. The number of nitrogens with one attached hydrogen (secondary N) is 1. The summed E-state index contributed by atoms with van der Waals surface area (Å²) in [4.78, 5) is 16.8. The van der Waals surface area contributed by atoms with Crippen molar-refractivity contribution < 1.29 is 19.0 Å². The fourth-order valence-electron chi connectivity index (χ4n) is 3.14. The zero-order chi connectivity index (χ0) is 17.8. The molecule has 136 valence electrons. The van der Waals surface area contributed by atoms with E-state index >= 15 is 0 Å². The molecule has 0 atom stereocenters. The summed E-state index contributed by atoms with van der Waals surface area (Å²) >= 11 is 0. The van der Waals surface area contributed by atoms with Gasteiger partial charge in [0.15, 0.2) is 5.79 Å². The van der Waals surface area contributed by atoms with Gasteiger partial charge in [-0.25, -0.2) is 4.98 Å². The third-order valence-electron chi connectivity index (χ3n) is 4.81. The Morgan fingerprint density at radius 2 is 2.04 bits per heavy atom. The minimum atomic E-state index is -0.708. The Bertz CT molecular complexity index is 598. The smallest absolute Gasteiger partial charge is 0.235 e. The van der Waals surface area contributed by atoms with E-state index in [0.717, 1.165) is 25.7 Å². The highest BCUT2D eigenvalue weighted by Gasteiger charge is 2.46. The van der Waals surface area contributed by atoms with E-state index in [1.54, 1.807) is 24.4 Å². The molecular weight excluding hydrogens is 320 g/mol. The first-order valence-corrected chi connectivity index (χ1v) is 8.84. The molecule has 0 unspecified atom stereocenters. The Hall–Kier alpha value is -1.92.